The van der Waals surface area contributed by atoms with Crippen molar-refractivity contribution in [1.29, 1.82) is 5.41 Å². The zero-order chi connectivity index (χ0) is 11.0. The molecule has 0 atom stereocenters. The van der Waals surface area contributed by atoms with E-state index >= 15 is 0 Å². The average Bonchev–Trinajstić information content (AvgIpc) is 2.90. The fourth-order valence-electron chi connectivity index (χ4n) is 1.99. The zero-order valence-electron chi connectivity index (χ0n) is 8.68. The van der Waals surface area contributed by atoms with E-state index in [0.717, 1.165) is 24.3 Å². The Balaban J connectivity index is 1.85. The summed E-state index contributed by atoms with van der Waals surface area (Å²) in [4.78, 5) is 6.31. The number of nitrogens with one attached hydrogen (secondary N) is 1. The Bertz CT molecular complexity index is 517. The van der Waals surface area contributed by atoms with E-state index < -0.39 is 0 Å². The summed E-state index contributed by atoms with van der Waals surface area (Å²) in [6, 6.07) is 8.11. The summed E-state index contributed by atoms with van der Waals surface area (Å²) in [5.74, 6) is 0.614. The number of nitrogens with zero attached hydrogens (tertiary/aromatic N) is 2. The zero-order valence-corrected chi connectivity index (χ0v) is 9.50. The van der Waals surface area contributed by atoms with Gasteiger partial charge in [-0.15, -0.1) is 11.3 Å². The molecule has 1 N–H and O–H groups in total. The number of hydrogen-bond acceptors (Lipinski definition) is 3. The van der Waals surface area contributed by atoms with Crippen molar-refractivity contribution >= 4 is 17.2 Å². The number of aromatic nitrogens is 1. The molecule has 0 saturated carbocycles. The molecule has 0 spiro atoms. The van der Waals surface area contributed by atoms with Gasteiger partial charge in [0, 0.05) is 17.5 Å². The van der Waals surface area contributed by atoms with Crippen LogP contribution in [0.25, 0.3) is 0 Å². The van der Waals surface area contributed by atoms with Gasteiger partial charge < -0.3 is 4.90 Å². The van der Waals surface area contributed by atoms with E-state index in [0.29, 0.717) is 5.84 Å². The molecule has 2 heterocycles. The first-order valence-corrected chi connectivity index (χ1v) is 6.08. The number of benzene rings is 1. The van der Waals surface area contributed by atoms with Gasteiger partial charge in [0.15, 0.2) is 0 Å². The summed E-state index contributed by atoms with van der Waals surface area (Å²) < 4.78 is 0. The van der Waals surface area contributed by atoms with Crippen LogP contribution in [0.5, 0.6) is 0 Å². The monoisotopic (exact) mass is 229 g/mol. The van der Waals surface area contributed by atoms with Gasteiger partial charge >= 0.3 is 0 Å². The maximum Gasteiger partial charge on any atom is 0.129 e. The maximum atomic E-state index is 8.09. The largest absolute Gasteiger partial charge is 0.346 e. The summed E-state index contributed by atoms with van der Waals surface area (Å²) in [5.41, 5.74) is 5.17. The molecule has 0 amide bonds. The van der Waals surface area contributed by atoms with E-state index in [1.54, 1.807) is 11.3 Å². The first-order valence-electron chi connectivity index (χ1n) is 5.13. The van der Waals surface area contributed by atoms with Crippen LogP contribution in [0.2, 0.25) is 0 Å². The van der Waals surface area contributed by atoms with Crippen LogP contribution in [-0.4, -0.2) is 15.7 Å². The van der Waals surface area contributed by atoms with Gasteiger partial charge in [-0.3, -0.25) is 5.41 Å². The lowest BCUT2D eigenvalue weighted by Crippen LogP contribution is -2.23. The minimum atomic E-state index is 0.614. The van der Waals surface area contributed by atoms with Crippen molar-refractivity contribution in [1.82, 2.24) is 9.88 Å². The third-order valence-electron chi connectivity index (χ3n) is 2.79. The lowest BCUT2D eigenvalue weighted by Gasteiger charge is -2.15. The van der Waals surface area contributed by atoms with Gasteiger partial charge in [-0.25, -0.2) is 4.98 Å². The van der Waals surface area contributed by atoms with E-state index in [1.165, 1.54) is 5.56 Å². The molecule has 4 heteroatoms. The molecule has 0 aliphatic carbocycles. The van der Waals surface area contributed by atoms with Crippen LogP contribution in [0.4, 0.5) is 0 Å². The maximum absolute atomic E-state index is 8.09. The van der Waals surface area contributed by atoms with Crippen molar-refractivity contribution in [2.45, 2.75) is 13.1 Å². The Labute approximate surface area is 97.9 Å². The predicted molar refractivity (Wildman–Crippen MR) is 64.6 cm³/mol. The minimum Gasteiger partial charge on any atom is -0.346 e. The number of amidine groups is 1. The van der Waals surface area contributed by atoms with E-state index in [9.17, 15) is 0 Å². The summed E-state index contributed by atoms with van der Waals surface area (Å²) in [6.07, 6.45) is 0. The third kappa shape index (κ3) is 1.51. The van der Waals surface area contributed by atoms with Gasteiger partial charge in [0.1, 0.15) is 5.84 Å². The minimum absolute atomic E-state index is 0.614. The Morgan fingerprint density at radius 2 is 2.25 bits per heavy atom. The molecule has 1 aliphatic rings. The van der Waals surface area contributed by atoms with Gasteiger partial charge in [0.25, 0.3) is 0 Å². The van der Waals surface area contributed by atoms with Crippen molar-refractivity contribution < 1.29 is 0 Å². The number of thiazole rings is 1. The van der Waals surface area contributed by atoms with Crippen LogP contribution in [0.3, 0.4) is 0 Å². The summed E-state index contributed by atoms with van der Waals surface area (Å²) in [5, 5.41) is 10.1. The molecular formula is C12H11N3S. The third-order valence-corrected chi connectivity index (χ3v) is 3.42. The van der Waals surface area contributed by atoms with Gasteiger partial charge in [0.2, 0.25) is 0 Å². The highest BCUT2D eigenvalue weighted by atomic mass is 32.1. The molecule has 2 aromatic rings. The Morgan fingerprint density at radius 1 is 1.38 bits per heavy atom. The number of rotatable bonds is 2. The SMILES string of the molecule is N=C1c2ccccc2CN1Cc1cscn1. The first-order chi connectivity index (χ1) is 7.84. The number of fused-ring (bicyclic) bond motifs is 1. The molecule has 16 heavy (non-hydrogen) atoms. The standard InChI is InChI=1S/C12H11N3S/c13-12-11-4-2-1-3-9(11)5-15(12)6-10-7-16-8-14-10/h1-4,7-8,13H,5-6H2. The predicted octanol–water partition coefficient (Wildman–Crippen LogP) is 2.48. The van der Waals surface area contributed by atoms with E-state index in [1.807, 2.05) is 29.1 Å². The molecule has 0 radical (unpaired) electrons. The van der Waals surface area contributed by atoms with Crippen LogP contribution in [-0.2, 0) is 13.1 Å². The highest BCUT2D eigenvalue weighted by Crippen LogP contribution is 2.23. The fourth-order valence-corrected chi connectivity index (χ4v) is 2.54. The molecule has 0 fully saturated rings. The van der Waals surface area contributed by atoms with E-state index in [4.69, 9.17) is 5.41 Å². The molecular weight excluding hydrogens is 218 g/mol. The second-order valence-electron chi connectivity index (χ2n) is 3.84. The number of hydrogen-bond donors (Lipinski definition) is 1. The average molecular weight is 229 g/mol. The highest BCUT2D eigenvalue weighted by molar-refractivity contribution is 7.07. The highest BCUT2D eigenvalue weighted by Gasteiger charge is 2.23. The molecule has 3 rings (SSSR count). The second-order valence-corrected chi connectivity index (χ2v) is 4.56. The van der Waals surface area contributed by atoms with Gasteiger partial charge in [-0.1, -0.05) is 24.3 Å². The van der Waals surface area contributed by atoms with Gasteiger partial charge in [0.05, 0.1) is 17.7 Å². The van der Waals surface area contributed by atoms with Crippen LogP contribution in [0.15, 0.2) is 35.2 Å². The lowest BCUT2D eigenvalue weighted by atomic mass is 10.1. The van der Waals surface area contributed by atoms with Gasteiger partial charge in [-0.05, 0) is 5.56 Å². The van der Waals surface area contributed by atoms with Crippen LogP contribution in [0.1, 0.15) is 16.8 Å². The fraction of sp³-hybridized carbons (Fsp3) is 0.167. The van der Waals surface area contributed by atoms with Crippen molar-refractivity contribution in [2.24, 2.45) is 0 Å². The van der Waals surface area contributed by atoms with Crippen molar-refractivity contribution in [3.8, 4) is 0 Å². The molecule has 0 bridgehead atoms. The molecule has 80 valence electrons. The Morgan fingerprint density at radius 3 is 3.00 bits per heavy atom. The van der Waals surface area contributed by atoms with E-state index in [2.05, 4.69) is 16.0 Å². The Kier molecular flexibility index (Phi) is 2.22. The molecule has 1 aliphatic heterocycles. The quantitative estimate of drug-likeness (QED) is 0.859. The smallest absolute Gasteiger partial charge is 0.129 e. The topological polar surface area (TPSA) is 40.0 Å². The first kappa shape index (κ1) is 9.54. The van der Waals surface area contributed by atoms with Crippen molar-refractivity contribution in [2.75, 3.05) is 0 Å². The Hall–Kier alpha value is -1.68. The van der Waals surface area contributed by atoms with Gasteiger partial charge in [-0.2, -0.15) is 0 Å². The normalized spacial score (nSPS) is 14.2. The summed E-state index contributed by atoms with van der Waals surface area (Å²) in [6.45, 7) is 1.56. The molecule has 1 aromatic heterocycles. The molecule has 0 saturated heterocycles. The lowest BCUT2D eigenvalue weighted by molar-refractivity contribution is 0.417. The molecule has 3 nitrogen and oxygen atoms in total. The summed E-state index contributed by atoms with van der Waals surface area (Å²) >= 11 is 1.60. The van der Waals surface area contributed by atoms with Crippen molar-refractivity contribution in [3.63, 3.8) is 0 Å². The summed E-state index contributed by atoms with van der Waals surface area (Å²) in [7, 11) is 0. The van der Waals surface area contributed by atoms with Crippen LogP contribution in [0, 0.1) is 5.41 Å². The van der Waals surface area contributed by atoms with Crippen LogP contribution < -0.4 is 0 Å². The van der Waals surface area contributed by atoms with E-state index in [-0.39, 0.29) is 0 Å². The second kappa shape index (κ2) is 3.72. The van der Waals surface area contributed by atoms with Crippen molar-refractivity contribution in [3.05, 3.63) is 52.0 Å². The molecule has 1 aromatic carbocycles. The van der Waals surface area contributed by atoms with Crippen LogP contribution >= 0.6 is 11.3 Å². The molecule has 0 unspecified atom stereocenters.